The SMILES string of the molecule is CC[C@@H](C(=O)NC(C)C)N(Cc1ccccc1Cl)C(=O)CN(c1ccc(Cl)c(C(F)(F)F)c1)S(=O)(=O)c1ccccc1. The van der Waals surface area contributed by atoms with Crippen LogP contribution in [0.4, 0.5) is 18.9 Å². The zero-order valence-electron chi connectivity index (χ0n) is 23.0. The van der Waals surface area contributed by atoms with E-state index in [1.54, 1.807) is 51.1 Å². The lowest BCUT2D eigenvalue weighted by molar-refractivity contribution is -0.140. The minimum absolute atomic E-state index is 0.157. The van der Waals surface area contributed by atoms with E-state index >= 15 is 0 Å². The van der Waals surface area contributed by atoms with Gasteiger partial charge in [0.1, 0.15) is 12.6 Å². The van der Waals surface area contributed by atoms with Crippen molar-refractivity contribution in [3.05, 3.63) is 94.0 Å². The molecule has 0 unspecified atom stereocenters. The number of nitrogens with one attached hydrogen (secondary N) is 1. The zero-order chi connectivity index (χ0) is 31.2. The van der Waals surface area contributed by atoms with Crippen LogP contribution >= 0.6 is 23.2 Å². The quantitative estimate of drug-likeness (QED) is 0.257. The average Bonchev–Trinajstić information content (AvgIpc) is 2.92. The Morgan fingerprint density at radius 1 is 0.929 bits per heavy atom. The molecule has 42 heavy (non-hydrogen) atoms. The molecule has 2 amide bonds. The molecule has 0 heterocycles. The Hall–Kier alpha value is -3.28. The molecule has 0 spiro atoms. The highest BCUT2D eigenvalue weighted by Gasteiger charge is 2.37. The third kappa shape index (κ3) is 7.96. The highest BCUT2D eigenvalue weighted by atomic mass is 35.5. The van der Waals surface area contributed by atoms with Crippen molar-refractivity contribution >= 4 is 50.7 Å². The van der Waals surface area contributed by atoms with Crippen molar-refractivity contribution in [3.8, 4) is 0 Å². The molecule has 3 aromatic rings. The van der Waals surface area contributed by atoms with E-state index < -0.39 is 56.9 Å². The Bertz CT molecular complexity index is 1520. The van der Waals surface area contributed by atoms with Gasteiger partial charge in [-0.05, 0) is 62.2 Å². The largest absolute Gasteiger partial charge is 0.417 e. The predicted molar refractivity (Wildman–Crippen MR) is 157 cm³/mol. The number of halogens is 5. The Kier molecular flexibility index (Phi) is 10.9. The molecule has 0 saturated heterocycles. The number of carbonyl (C=O) groups excluding carboxylic acids is 2. The number of carbonyl (C=O) groups is 2. The van der Waals surface area contributed by atoms with Gasteiger partial charge in [0, 0.05) is 17.6 Å². The van der Waals surface area contributed by atoms with Gasteiger partial charge in [-0.15, -0.1) is 0 Å². The van der Waals surface area contributed by atoms with Crippen LogP contribution in [0.15, 0.2) is 77.7 Å². The molecule has 3 aromatic carbocycles. The standard InChI is InChI=1S/C29H30Cl2F3N3O4S/c1-4-26(28(39)35-19(2)3)36(17-20-10-8-9-13-24(20)30)27(38)18-37(42(40,41)22-11-6-5-7-12-22)21-14-15-25(31)23(16-21)29(32,33)34/h5-16,19,26H,4,17-18H2,1-3H3,(H,35,39)/t26-/m0/s1. The van der Waals surface area contributed by atoms with E-state index in [0.29, 0.717) is 21.0 Å². The Labute approximate surface area is 253 Å². The zero-order valence-corrected chi connectivity index (χ0v) is 25.4. The van der Waals surface area contributed by atoms with Crippen LogP contribution in [0.5, 0.6) is 0 Å². The summed E-state index contributed by atoms with van der Waals surface area (Å²) in [6, 6.07) is 14.9. The molecule has 3 rings (SSSR count). The molecule has 0 radical (unpaired) electrons. The number of anilines is 1. The van der Waals surface area contributed by atoms with Gasteiger partial charge in [0.15, 0.2) is 0 Å². The van der Waals surface area contributed by atoms with Gasteiger partial charge in [-0.3, -0.25) is 13.9 Å². The number of sulfonamides is 1. The molecule has 0 aliphatic heterocycles. The van der Waals surface area contributed by atoms with E-state index in [-0.39, 0.29) is 23.9 Å². The third-order valence-corrected chi connectivity index (χ3v) is 8.76. The van der Waals surface area contributed by atoms with E-state index in [0.717, 1.165) is 12.1 Å². The van der Waals surface area contributed by atoms with Gasteiger partial charge in [0.05, 0.1) is 21.2 Å². The van der Waals surface area contributed by atoms with Gasteiger partial charge in [-0.2, -0.15) is 13.2 Å². The second kappa shape index (κ2) is 13.8. The van der Waals surface area contributed by atoms with Crippen LogP contribution in [0.25, 0.3) is 0 Å². The molecule has 0 aromatic heterocycles. The van der Waals surface area contributed by atoms with Crippen LogP contribution in [-0.4, -0.2) is 43.8 Å². The minimum Gasteiger partial charge on any atom is -0.352 e. The van der Waals surface area contributed by atoms with E-state index in [4.69, 9.17) is 23.2 Å². The van der Waals surface area contributed by atoms with E-state index in [1.165, 1.54) is 29.2 Å². The third-order valence-electron chi connectivity index (χ3n) is 6.27. The summed E-state index contributed by atoms with van der Waals surface area (Å²) < 4.78 is 69.4. The van der Waals surface area contributed by atoms with Gasteiger partial charge in [0.2, 0.25) is 11.8 Å². The number of nitrogens with zero attached hydrogens (tertiary/aromatic N) is 2. The van der Waals surface area contributed by atoms with Crippen molar-refractivity contribution in [1.29, 1.82) is 0 Å². The molecule has 7 nitrogen and oxygen atoms in total. The topological polar surface area (TPSA) is 86.8 Å². The van der Waals surface area contributed by atoms with Crippen LogP contribution in [0.2, 0.25) is 10.0 Å². The monoisotopic (exact) mass is 643 g/mol. The number of rotatable bonds is 11. The molecule has 0 saturated carbocycles. The second-order valence-corrected chi connectivity index (χ2v) is 12.4. The summed E-state index contributed by atoms with van der Waals surface area (Å²) >= 11 is 12.1. The van der Waals surface area contributed by atoms with Gasteiger partial charge >= 0.3 is 6.18 Å². The van der Waals surface area contributed by atoms with Gasteiger partial charge in [-0.1, -0.05) is 66.5 Å². The van der Waals surface area contributed by atoms with Crippen LogP contribution in [0.3, 0.4) is 0 Å². The number of hydrogen-bond acceptors (Lipinski definition) is 4. The lowest BCUT2D eigenvalue weighted by atomic mass is 10.1. The van der Waals surface area contributed by atoms with Crippen LogP contribution in [0, 0.1) is 0 Å². The average molecular weight is 645 g/mol. The first kappa shape index (κ1) is 33.2. The molecule has 1 atom stereocenters. The smallest absolute Gasteiger partial charge is 0.352 e. The highest BCUT2D eigenvalue weighted by Crippen LogP contribution is 2.38. The van der Waals surface area contributed by atoms with Crippen molar-refractivity contribution in [3.63, 3.8) is 0 Å². The van der Waals surface area contributed by atoms with Crippen molar-refractivity contribution < 1.29 is 31.2 Å². The molecular weight excluding hydrogens is 614 g/mol. The summed E-state index contributed by atoms with van der Waals surface area (Å²) in [6.45, 7) is 4.11. The number of amides is 2. The molecule has 0 bridgehead atoms. The lowest BCUT2D eigenvalue weighted by Gasteiger charge is -2.34. The van der Waals surface area contributed by atoms with Crippen molar-refractivity contribution in [2.24, 2.45) is 0 Å². The molecule has 0 fully saturated rings. The first-order valence-electron chi connectivity index (χ1n) is 12.9. The maximum atomic E-state index is 14.0. The normalized spacial score (nSPS) is 12.6. The van der Waals surface area contributed by atoms with Crippen LogP contribution in [-0.2, 0) is 32.3 Å². The minimum atomic E-state index is -4.89. The Balaban J connectivity index is 2.15. The number of hydrogen-bond donors (Lipinski definition) is 1. The number of benzene rings is 3. The molecule has 226 valence electrons. The summed E-state index contributed by atoms with van der Waals surface area (Å²) in [5, 5.41) is 2.45. The van der Waals surface area contributed by atoms with Gasteiger partial charge in [0.25, 0.3) is 10.0 Å². The highest BCUT2D eigenvalue weighted by molar-refractivity contribution is 7.92. The summed E-state index contributed by atoms with van der Waals surface area (Å²) in [4.78, 5) is 28.1. The molecule has 13 heteroatoms. The summed E-state index contributed by atoms with van der Waals surface area (Å²) in [7, 11) is -4.56. The first-order valence-corrected chi connectivity index (χ1v) is 15.1. The second-order valence-electron chi connectivity index (χ2n) is 9.69. The molecule has 0 aliphatic rings. The van der Waals surface area contributed by atoms with Crippen molar-refractivity contribution in [2.75, 3.05) is 10.8 Å². The Morgan fingerprint density at radius 3 is 2.12 bits per heavy atom. The molecular formula is C29H30Cl2F3N3O4S. The van der Waals surface area contributed by atoms with Gasteiger partial charge < -0.3 is 10.2 Å². The van der Waals surface area contributed by atoms with Gasteiger partial charge in [-0.25, -0.2) is 8.42 Å². The Morgan fingerprint density at radius 2 is 1.55 bits per heavy atom. The maximum absolute atomic E-state index is 14.0. The van der Waals surface area contributed by atoms with Crippen molar-refractivity contribution in [1.82, 2.24) is 10.2 Å². The summed E-state index contributed by atoms with van der Waals surface area (Å²) in [6.07, 6.45) is -4.73. The fraction of sp³-hybridized carbons (Fsp3) is 0.310. The fourth-order valence-corrected chi connectivity index (χ4v) is 6.09. The van der Waals surface area contributed by atoms with Crippen LogP contribution < -0.4 is 9.62 Å². The van der Waals surface area contributed by atoms with E-state index in [2.05, 4.69) is 5.32 Å². The number of alkyl halides is 3. The predicted octanol–water partition coefficient (Wildman–Crippen LogP) is 6.54. The molecule has 1 N–H and O–H groups in total. The first-order chi connectivity index (χ1) is 19.7. The van der Waals surface area contributed by atoms with Crippen LogP contribution in [0.1, 0.15) is 38.3 Å². The lowest BCUT2D eigenvalue weighted by Crippen LogP contribution is -2.53. The summed E-state index contributed by atoms with van der Waals surface area (Å²) in [5.41, 5.74) is -1.20. The fourth-order valence-electron chi connectivity index (χ4n) is 4.24. The molecule has 0 aliphatic carbocycles. The summed E-state index contributed by atoms with van der Waals surface area (Å²) in [5.74, 6) is -1.31. The van der Waals surface area contributed by atoms with E-state index in [1.807, 2.05) is 0 Å². The maximum Gasteiger partial charge on any atom is 0.417 e. The van der Waals surface area contributed by atoms with Crippen molar-refractivity contribution in [2.45, 2.75) is 56.9 Å². The van der Waals surface area contributed by atoms with E-state index in [9.17, 15) is 31.2 Å².